The molecular weight excluding hydrogens is 522 g/mol. The van der Waals surface area contributed by atoms with Gasteiger partial charge in [0.25, 0.3) is 0 Å². The van der Waals surface area contributed by atoms with E-state index in [1.54, 1.807) is 13.3 Å². The molecule has 6 heteroatoms. The minimum Gasteiger partial charge on any atom is -0.493 e. The van der Waals surface area contributed by atoms with Crippen molar-refractivity contribution in [3.63, 3.8) is 0 Å². The number of pyridine rings is 1. The maximum absolute atomic E-state index is 6.30. The minimum atomic E-state index is 0.137. The molecular formula is C36H45N3O3. The third-order valence-corrected chi connectivity index (χ3v) is 7.93. The molecule has 0 saturated carbocycles. The van der Waals surface area contributed by atoms with Crippen LogP contribution in [0.15, 0.2) is 72.9 Å². The molecule has 0 radical (unpaired) electrons. The van der Waals surface area contributed by atoms with Crippen LogP contribution < -0.4 is 19.5 Å². The second-order valence-electron chi connectivity index (χ2n) is 12.8. The molecule has 2 heterocycles. The molecule has 0 aliphatic carbocycles. The van der Waals surface area contributed by atoms with Crippen molar-refractivity contribution in [3.8, 4) is 23.0 Å². The Morgan fingerprint density at radius 1 is 0.857 bits per heavy atom. The number of fused-ring (bicyclic) bond motifs is 1. The van der Waals surface area contributed by atoms with Crippen LogP contribution in [0.25, 0.3) is 10.9 Å². The summed E-state index contributed by atoms with van der Waals surface area (Å²) < 4.78 is 18.2. The Labute approximate surface area is 251 Å². The first-order valence-electron chi connectivity index (χ1n) is 15.2. The standard InChI is InChI=1S/C36H45N3O3/c1-25-20-26(2)24-39(23-25)18-7-19-41-35-22-32-31(21-34(35)40-6)33(16-17-37-32)42-30-14-12-29(13-15-30)38-28-10-8-27(9-11-28)36(3,4)5/h8-17,21-22,25-26,38H,7,18-20,23-24H2,1-6H3. The van der Waals surface area contributed by atoms with Gasteiger partial charge in [0.2, 0.25) is 0 Å². The number of likely N-dealkylation sites (tertiary alicyclic amines) is 1. The number of hydrogen-bond donors (Lipinski definition) is 1. The maximum Gasteiger partial charge on any atom is 0.163 e. The number of anilines is 2. The lowest BCUT2D eigenvalue weighted by atomic mass is 9.87. The zero-order chi connectivity index (χ0) is 29.7. The SMILES string of the molecule is COc1cc2c(Oc3ccc(Nc4ccc(C(C)(C)C)cc4)cc3)ccnc2cc1OCCCN1CC(C)CC(C)C1. The van der Waals surface area contributed by atoms with Crippen LogP contribution in [0.5, 0.6) is 23.0 Å². The molecule has 1 aliphatic heterocycles. The van der Waals surface area contributed by atoms with E-state index in [2.05, 4.69) is 74.1 Å². The van der Waals surface area contributed by atoms with Crippen molar-refractivity contribution in [2.75, 3.05) is 38.7 Å². The normalized spacial score (nSPS) is 17.7. The molecule has 2 unspecified atom stereocenters. The van der Waals surface area contributed by atoms with Gasteiger partial charge in [-0.2, -0.15) is 0 Å². The summed E-state index contributed by atoms with van der Waals surface area (Å²) in [6.07, 6.45) is 4.07. The molecule has 3 aromatic carbocycles. The first-order chi connectivity index (χ1) is 20.2. The average molecular weight is 568 g/mol. The molecule has 2 atom stereocenters. The molecule has 1 saturated heterocycles. The van der Waals surface area contributed by atoms with Crippen LogP contribution in [0.2, 0.25) is 0 Å². The highest BCUT2D eigenvalue weighted by Gasteiger charge is 2.21. The molecule has 5 rings (SSSR count). The number of methoxy groups -OCH3 is 1. The smallest absolute Gasteiger partial charge is 0.163 e. The molecule has 1 fully saturated rings. The van der Waals surface area contributed by atoms with Crippen LogP contribution >= 0.6 is 0 Å². The molecule has 222 valence electrons. The van der Waals surface area contributed by atoms with Crippen molar-refractivity contribution in [3.05, 3.63) is 78.5 Å². The number of ether oxygens (including phenoxy) is 3. The van der Waals surface area contributed by atoms with Crippen LogP contribution in [0, 0.1) is 11.8 Å². The summed E-state index contributed by atoms with van der Waals surface area (Å²) in [5.41, 5.74) is 4.31. The molecule has 42 heavy (non-hydrogen) atoms. The van der Waals surface area contributed by atoms with Gasteiger partial charge in [0.15, 0.2) is 11.5 Å². The van der Waals surface area contributed by atoms with E-state index in [0.29, 0.717) is 18.1 Å². The lowest BCUT2D eigenvalue weighted by Crippen LogP contribution is -2.39. The Bertz CT molecular complexity index is 1450. The number of piperidine rings is 1. The lowest BCUT2D eigenvalue weighted by molar-refractivity contribution is 0.132. The van der Waals surface area contributed by atoms with E-state index in [4.69, 9.17) is 14.2 Å². The van der Waals surface area contributed by atoms with Gasteiger partial charge in [-0.25, -0.2) is 0 Å². The van der Waals surface area contributed by atoms with Crippen molar-refractivity contribution in [2.24, 2.45) is 11.8 Å². The largest absolute Gasteiger partial charge is 0.493 e. The third-order valence-electron chi connectivity index (χ3n) is 7.93. The van der Waals surface area contributed by atoms with Gasteiger partial charge < -0.3 is 24.4 Å². The number of nitrogens with one attached hydrogen (secondary N) is 1. The van der Waals surface area contributed by atoms with E-state index >= 15 is 0 Å². The molecule has 6 nitrogen and oxygen atoms in total. The highest BCUT2D eigenvalue weighted by atomic mass is 16.5. The van der Waals surface area contributed by atoms with E-state index in [0.717, 1.165) is 58.6 Å². The van der Waals surface area contributed by atoms with Gasteiger partial charge in [-0.1, -0.05) is 46.8 Å². The Morgan fingerprint density at radius 2 is 1.52 bits per heavy atom. The predicted octanol–water partition coefficient (Wildman–Crippen LogP) is 8.82. The molecule has 1 aliphatic rings. The summed E-state index contributed by atoms with van der Waals surface area (Å²) >= 11 is 0. The van der Waals surface area contributed by atoms with Crippen molar-refractivity contribution < 1.29 is 14.2 Å². The van der Waals surface area contributed by atoms with Crippen molar-refractivity contribution in [1.29, 1.82) is 0 Å². The van der Waals surface area contributed by atoms with Crippen molar-refractivity contribution in [1.82, 2.24) is 9.88 Å². The Morgan fingerprint density at radius 3 is 2.17 bits per heavy atom. The highest BCUT2D eigenvalue weighted by Crippen LogP contribution is 2.37. The first-order valence-corrected chi connectivity index (χ1v) is 15.2. The number of aromatic nitrogens is 1. The van der Waals surface area contributed by atoms with Gasteiger partial charge in [0.05, 0.1) is 19.2 Å². The van der Waals surface area contributed by atoms with E-state index in [1.165, 1.54) is 25.1 Å². The first kappa shape index (κ1) is 29.7. The van der Waals surface area contributed by atoms with Gasteiger partial charge in [-0.15, -0.1) is 0 Å². The average Bonchev–Trinajstić information content (AvgIpc) is 2.95. The minimum absolute atomic E-state index is 0.137. The predicted molar refractivity (Wildman–Crippen MR) is 173 cm³/mol. The third kappa shape index (κ3) is 7.54. The van der Waals surface area contributed by atoms with Crippen molar-refractivity contribution >= 4 is 22.3 Å². The zero-order valence-electron chi connectivity index (χ0n) is 25.9. The van der Waals surface area contributed by atoms with E-state index in [-0.39, 0.29) is 5.41 Å². The fraction of sp³-hybridized carbons (Fsp3) is 0.417. The topological polar surface area (TPSA) is 55.9 Å². The summed E-state index contributed by atoms with van der Waals surface area (Å²) in [5, 5.41) is 4.34. The molecule has 4 aromatic rings. The fourth-order valence-electron chi connectivity index (χ4n) is 5.89. The quantitative estimate of drug-likeness (QED) is 0.193. The zero-order valence-corrected chi connectivity index (χ0v) is 25.9. The van der Waals surface area contributed by atoms with E-state index in [9.17, 15) is 0 Å². The summed E-state index contributed by atoms with van der Waals surface area (Å²) in [5.74, 6) is 4.39. The molecule has 0 bridgehead atoms. The Balaban J connectivity index is 1.22. The fourth-order valence-corrected chi connectivity index (χ4v) is 5.89. The number of nitrogens with zero attached hydrogens (tertiary/aromatic N) is 2. The number of rotatable bonds is 10. The van der Waals surface area contributed by atoms with Crippen LogP contribution in [-0.4, -0.2) is 43.2 Å². The summed E-state index contributed by atoms with van der Waals surface area (Å²) in [4.78, 5) is 7.15. The summed E-state index contributed by atoms with van der Waals surface area (Å²) in [6.45, 7) is 15.4. The second-order valence-corrected chi connectivity index (χ2v) is 12.8. The van der Waals surface area contributed by atoms with Gasteiger partial charge in [-0.05, 0) is 84.2 Å². The molecule has 0 amide bonds. The van der Waals surface area contributed by atoms with E-state index < -0.39 is 0 Å². The monoisotopic (exact) mass is 567 g/mol. The summed E-state index contributed by atoms with van der Waals surface area (Å²) in [7, 11) is 1.67. The van der Waals surface area contributed by atoms with E-state index in [1.807, 2.05) is 42.5 Å². The van der Waals surface area contributed by atoms with Crippen LogP contribution in [0.1, 0.15) is 53.0 Å². The Kier molecular flexibility index (Phi) is 9.22. The van der Waals surface area contributed by atoms with Gasteiger partial charge >= 0.3 is 0 Å². The molecule has 0 spiro atoms. The van der Waals surface area contributed by atoms with Crippen LogP contribution in [0.3, 0.4) is 0 Å². The van der Waals surface area contributed by atoms with Crippen molar-refractivity contribution in [2.45, 2.75) is 52.9 Å². The van der Waals surface area contributed by atoms with Crippen LogP contribution in [-0.2, 0) is 5.41 Å². The molecule has 1 N–H and O–H groups in total. The maximum atomic E-state index is 6.30. The van der Waals surface area contributed by atoms with Gasteiger partial charge in [0.1, 0.15) is 11.5 Å². The number of hydrogen-bond acceptors (Lipinski definition) is 6. The molecule has 1 aromatic heterocycles. The van der Waals surface area contributed by atoms with Gasteiger partial charge in [-0.3, -0.25) is 4.98 Å². The van der Waals surface area contributed by atoms with Crippen LogP contribution in [0.4, 0.5) is 11.4 Å². The highest BCUT2D eigenvalue weighted by molar-refractivity contribution is 5.88. The van der Waals surface area contributed by atoms with Gasteiger partial charge in [0, 0.05) is 48.7 Å². The number of benzene rings is 3. The lowest BCUT2D eigenvalue weighted by Gasteiger charge is -2.34. The second kappa shape index (κ2) is 13.0. The summed E-state index contributed by atoms with van der Waals surface area (Å²) in [6, 6.07) is 22.4. The Hall–Kier alpha value is -3.77.